The van der Waals surface area contributed by atoms with Crippen LogP contribution in [-0.4, -0.2) is 27.6 Å². The molecule has 1 aromatic carbocycles. The minimum Gasteiger partial charge on any atom is -0.480 e. The third-order valence-corrected chi connectivity index (χ3v) is 4.35. The van der Waals surface area contributed by atoms with Crippen molar-refractivity contribution in [1.82, 2.24) is 10.3 Å². The molecule has 1 aromatic heterocycles. The fourth-order valence-corrected chi connectivity index (χ4v) is 2.95. The number of benzene rings is 1. The molecule has 0 spiro atoms. The first kappa shape index (κ1) is 12.9. The average molecular weight is 291 g/mol. The van der Waals surface area contributed by atoms with Crippen molar-refractivity contribution in [2.75, 3.05) is 5.32 Å². The molecule has 3 N–H and O–H groups in total. The number of carboxylic acids is 1. The molecule has 0 saturated heterocycles. The van der Waals surface area contributed by atoms with Crippen molar-refractivity contribution >= 4 is 39.2 Å². The van der Waals surface area contributed by atoms with Crippen LogP contribution in [-0.2, 0) is 4.79 Å². The lowest BCUT2D eigenvalue weighted by Gasteiger charge is -2.38. The van der Waals surface area contributed by atoms with Crippen LogP contribution in [0.1, 0.15) is 19.3 Å². The predicted octanol–water partition coefficient (Wildman–Crippen LogP) is 2.43. The second-order valence-corrected chi connectivity index (χ2v) is 5.74. The van der Waals surface area contributed by atoms with Crippen molar-refractivity contribution in [3.05, 3.63) is 23.7 Å². The highest BCUT2D eigenvalue weighted by Gasteiger charge is 2.45. The summed E-state index contributed by atoms with van der Waals surface area (Å²) in [6.07, 6.45) is 1.77. The molecule has 1 aliphatic rings. The van der Waals surface area contributed by atoms with E-state index >= 15 is 0 Å². The van der Waals surface area contributed by atoms with Gasteiger partial charge in [0, 0.05) is 5.69 Å². The van der Waals surface area contributed by atoms with E-state index in [-0.39, 0.29) is 0 Å². The quantitative estimate of drug-likeness (QED) is 0.810. The molecule has 0 radical (unpaired) electrons. The fourth-order valence-electron chi connectivity index (χ4n) is 2.24. The topological polar surface area (TPSA) is 91.3 Å². The number of fused-ring (bicyclic) bond motifs is 1. The molecular weight excluding hydrogens is 278 g/mol. The summed E-state index contributed by atoms with van der Waals surface area (Å²) >= 11 is 1.49. The van der Waals surface area contributed by atoms with Crippen LogP contribution in [0.5, 0.6) is 0 Å². The van der Waals surface area contributed by atoms with Crippen LogP contribution < -0.4 is 10.6 Å². The number of aliphatic carboxylic acids is 1. The third kappa shape index (κ3) is 2.20. The zero-order valence-electron chi connectivity index (χ0n) is 10.5. The van der Waals surface area contributed by atoms with Gasteiger partial charge in [-0.25, -0.2) is 14.6 Å². The first-order valence-corrected chi connectivity index (χ1v) is 7.13. The summed E-state index contributed by atoms with van der Waals surface area (Å²) in [6.45, 7) is 0. The van der Waals surface area contributed by atoms with Gasteiger partial charge in [-0.05, 0) is 37.5 Å². The number of anilines is 1. The Labute approximate surface area is 118 Å². The van der Waals surface area contributed by atoms with Gasteiger partial charge in [0.05, 0.1) is 15.7 Å². The second-order valence-electron chi connectivity index (χ2n) is 4.85. The van der Waals surface area contributed by atoms with Crippen LogP contribution in [0.15, 0.2) is 23.7 Å². The molecule has 1 aliphatic carbocycles. The average Bonchev–Trinajstić information content (AvgIpc) is 2.80. The summed E-state index contributed by atoms with van der Waals surface area (Å²) in [6, 6.07) is 4.89. The monoisotopic (exact) mass is 291 g/mol. The van der Waals surface area contributed by atoms with Crippen LogP contribution in [0.4, 0.5) is 10.5 Å². The number of urea groups is 1. The number of carboxylic acid groups (broad SMARTS) is 1. The Morgan fingerprint density at radius 2 is 2.15 bits per heavy atom. The molecule has 7 heteroatoms. The number of aromatic nitrogens is 1. The number of nitrogens with zero attached hydrogens (tertiary/aromatic N) is 1. The lowest BCUT2D eigenvalue weighted by Crippen LogP contribution is -2.60. The van der Waals surface area contributed by atoms with E-state index in [0.29, 0.717) is 18.5 Å². The van der Waals surface area contributed by atoms with Crippen molar-refractivity contribution in [3.8, 4) is 0 Å². The van der Waals surface area contributed by atoms with E-state index in [2.05, 4.69) is 15.6 Å². The maximum Gasteiger partial charge on any atom is 0.329 e. The van der Waals surface area contributed by atoms with E-state index in [9.17, 15) is 9.59 Å². The Kier molecular flexibility index (Phi) is 3.06. The van der Waals surface area contributed by atoms with Gasteiger partial charge in [-0.1, -0.05) is 0 Å². The maximum atomic E-state index is 11.9. The van der Waals surface area contributed by atoms with Gasteiger partial charge in [0.15, 0.2) is 0 Å². The summed E-state index contributed by atoms with van der Waals surface area (Å²) in [5.74, 6) is -0.975. The van der Waals surface area contributed by atoms with Gasteiger partial charge in [-0.2, -0.15) is 0 Å². The molecule has 1 saturated carbocycles. The molecule has 0 atom stereocenters. The van der Waals surface area contributed by atoms with Crippen LogP contribution >= 0.6 is 11.3 Å². The molecule has 0 unspecified atom stereocenters. The zero-order chi connectivity index (χ0) is 14.2. The first-order valence-electron chi connectivity index (χ1n) is 6.25. The van der Waals surface area contributed by atoms with Gasteiger partial charge in [0.2, 0.25) is 0 Å². The number of carbonyl (C=O) groups excluding carboxylic acids is 1. The minimum absolute atomic E-state index is 0.476. The number of hydrogen-bond acceptors (Lipinski definition) is 4. The van der Waals surface area contributed by atoms with Gasteiger partial charge in [0.1, 0.15) is 5.54 Å². The number of thiazole rings is 1. The number of amides is 2. The molecular formula is C13H13N3O3S. The van der Waals surface area contributed by atoms with E-state index in [1.165, 1.54) is 11.3 Å². The van der Waals surface area contributed by atoms with Crippen LogP contribution in [0.3, 0.4) is 0 Å². The molecule has 1 heterocycles. The standard InChI is InChI=1S/C13H13N3O3S/c17-11(18)13(4-1-5-13)16-12(19)15-8-2-3-9-10(6-8)20-7-14-9/h2-3,6-7H,1,4-5H2,(H,17,18)(H2,15,16,19). The van der Waals surface area contributed by atoms with E-state index in [1.807, 2.05) is 12.1 Å². The second kappa shape index (κ2) is 4.75. The highest BCUT2D eigenvalue weighted by Crippen LogP contribution is 2.32. The Morgan fingerprint density at radius 1 is 1.35 bits per heavy atom. The fraction of sp³-hybridized carbons (Fsp3) is 0.308. The molecule has 2 aromatic rings. The number of carbonyl (C=O) groups is 2. The number of nitrogens with one attached hydrogen (secondary N) is 2. The summed E-state index contributed by atoms with van der Waals surface area (Å²) in [5, 5.41) is 14.4. The van der Waals surface area contributed by atoms with Gasteiger partial charge in [0.25, 0.3) is 0 Å². The predicted molar refractivity (Wildman–Crippen MR) is 76.0 cm³/mol. The van der Waals surface area contributed by atoms with Gasteiger partial charge in [-0.3, -0.25) is 0 Å². The first-order chi connectivity index (χ1) is 9.59. The highest BCUT2D eigenvalue weighted by atomic mass is 32.1. The molecule has 1 fully saturated rings. The smallest absolute Gasteiger partial charge is 0.329 e. The lowest BCUT2D eigenvalue weighted by atomic mass is 9.77. The minimum atomic E-state index is -1.10. The van der Waals surface area contributed by atoms with E-state index in [0.717, 1.165) is 16.6 Å². The Bertz CT molecular complexity index is 678. The van der Waals surface area contributed by atoms with Gasteiger partial charge >= 0.3 is 12.0 Å². The molecule has 20 heavy (non-hydrogen) atoms. The maximum absolute atomic E-state index is 11.9. The normalized spacial score (nSPS) is 16.4. The Hall–Kier alpha value is -2.15. The van der Waals surface area contributed by atoms with Gasteiger partial charge in [-0.15, -0.1) is 11.3 Å². The van der Waals surface area contributed by atoms with Crippen LogP contribution in [0, 0.1) is 0 Å². The van der Waals surface area contributed by atoms with Crippen molar-refractivity contribution < 1.29 is 14.7 Å². The Morgan fingerprint density at radius 3 is 2.80 bits per heavy atom. The largest absolute Gasteiger partial charge is 0.480 e. The molecule has 0 bridgehead atoms. The molecule has 2 amide bonds. The molecule has 0 aliphatic heterocycles. The zero-order valence-corrected chi connectivity index (χ0v) is 11.4. The van der Waals surface area contributed by atoms with Crippen LogP contribution in [0.2, 0.25) is 0 Å². The van der Waals surface area contributed by atoms with Crippen molar-refractivity contribution in [1.29, 1.82) is 0 Å². The lowest BCUT2D eigenvalue weighted by molar-refractivity contribution is -0.148. The van der Waals surface area contributed by atoms with E-state index < -0.39 is 17.5 Å². The van der Waals surface area contributed by atoms with Crippen LogP contribution in [0.25, 0.3) is 10.2 Å². The van der Waals surface area contributed by atoms with E-state index in [4.69, 9.17) is 5.11 Å². The molecule has 3 rings (SSSR count). The van der Waals surface area contributed by atoms with Crippen molar-refractivity contribution in [2.45, 2.75) is 24.8 Å². The van der Waals surface area contributed by atoms with Crippen molar-refractivity contribution in [3.63, 3.8) is 0 Å². The summed E-state index contributed by atoms with van der Waals surface area (Å²) < 4.78 is 0.972. The SMILES string of the molecule is O=C(Nc1ccc2ncsc2c1)NC1(C(=O)O)CCC1. The van der Waals surface area contributed by atoms with Gasteiger partial charge < -0.3 is 15.7 Å². The summed E-state index contributed by atoms with van der Waals surface area (Å²) in [4.78, 5) is 27.2. The molecule has 6 nitrogen and oxygen atoms in total. The third-order valence-electron chi connectivity index (χ3n) is 3.56. The van der Waals surface area contributed by atoms with Crippen molar-refractivity contribution in [2.24, 2.45) is 0 Å². The molecule has 104 valence electrons. The van der Waals surface area contributed by atoms with E-state index in [1.54, 1.807) is 11.6 Å². The highest BCUT2D eigenvalue weighted by molar-refractivity contribution is 7.16. The summed E-state index contributed by atoms with van der Waals surface area (Å²) in [5.41, 5.74) is 2.14. The number of hydrogen-bond donors (Lipinski definition) is 3. The summed E-state index contributed by atoms with van der Waals surface area (Å²) in [7, 11) is 0. The number of rotatable bonds is 3. The Balaban J connectivity index is 1.70.